The Morgan fingerprint density at radius 2 is 1.65 bits per heavy atom. The topological polar surface area (TPSA) is 77.0 Å². The van der Waals surface area contributed by atoms with Gasteiger partial charge in [-0.15, -0.1) is 0 Å². The minimum atomic E-state index is -3.74. The Labute approximate surface area is 191 Å². The van der Waals surface area contributed by atoms with Gasteiger partial charge in [0.25, 0.3) is 10.0 Å². The van der Waals surface area contributed by atoms with Crippen LogP contribution >= 0.6 is 23.2 Å². The second-order valence-electron chi connectivity index (χ2n) is 6.29. The lowest BCUT2D eigenvalue weighted by Crippen LogP contribution is -2.18. The minimum Gasteiger partial charge on any atom is -0.490 e. The molecule has 0 saturated heterocycles. The predicted octanol–water partition coefficient (Wildman–Crippen LogP) is 5.28. The Bertz CT molecular complexity index is 1150. The number of nitrogens with zero attached hydrogens (tertiary/aromatic N) is 1. The van der Waals surface area contributed by atoms with Crippen molar-refractivity contribution in [2.75, 3.05) is 6.61 Å². The highest BCUT2D eigenvalue weighted by molar-refractivity contribution is 7.89. The van der Waals surface area contributed by atoms with Gasteiger partial charge >= 0.3 is 0 Å². The molecule has 0 aliphatic heterocycles. The normalized spacial score (nSPS) is 11.5. The van der Waals surface area contributed by atoms with Crippen molar-refractivity contribution >= 4 is 39.4 Å². The van der Waals surface area contributed by atoms with Gasteiger partial charge < -0.3 is 9.47 Å². The van der Waals surface area contributed by atoms with Gasteiger partial charge in [-0.1, -0.05) is 47.5 Å². The zero-order valence-electron chi connectivity index (χ0n) is 16.6. The highest BCUT2D eigenvalue weighted by Gasteiger charge is 2.12. The molecule has 162 valence electrons. The number of hydrogen-bond acceptors (Lipinski definition) is 5. The van der Waals surface area contributed by atoms with Crippen molar-refractivity contribution in [3.8, 4) is 11.5 Å². The molecule has 0 fully saturated rings. The number of nitrogens with one attached hydrogen (secondary N) is 1. The fraction of sp³-hybridized carbons (Fsp3) is 0.136. The van der Waals surface area contributed by atoms with E-state index >= 15 is 0 Å². The maximum Gasteiger partial charge on any atom is 0.276 e. The van der Waals surface area contributed by atoms with Crippen LogP contribution in [0.1, 0.15) is 18.1 Å². The van der Waals surface area contributed by atoms with Crippen LogP contribution < -0.4 is 14.3 Å². The third kappa shape index (κ3) is 6.13. The summed E-state index contributed by atoms with van der Waals surface area (Å²) in [7, 11) is -3.74. The second-order valence-corrected chi connectivity index (χ2v) is 8.77. The maximum absolute atomic E-state index is 12.2. The summed E-state index contributed by atoms with van der Waals surface area (Å²) in [5, 5.41) is 4.87. The summed E-state index contributed by atoms with van der Waals surface area (Å²) >= 11 is 12.4. The first-order valence-corrected chi connectivity index (χ1v) is 11.6. The summed E-state index contributed by atoms with van der Waals surface area (Å²) in [4.78, 5) is 2.32. The zero-order valence-corrected chi connectivity index (χ0v) is 18.9. The number of ether oxygens (including phenoxy) is 2. The van der Waals surface area contributed by atoms with Gasteiger partial charge in [0.05, 0.1) is 17.7 Å². The summed E-state index contributed by atoms with van der Waals surface area (Å²) in [5.41, 5.74) is 1.30. The van der Waals surface area contributed by atoms with Crippen LogP contribution in [-0.2, 0) is 16.6 Å². The average Bonchev–Trinajstić information content (AvgIpc) is 2.75. The highest BCUT2D eigenvalue weighted by atomic mass is 35.5. The number of sulfonamides is 1. The van der Waals surface area contributed by atoms with Gasteiger partial charge in [0.1, 0.15) is 6.61 Å². The third-order valence-electron chi connectivity index (χ3n) is 4.14. The van der Waals surface area contributed by atoms with Crippen LogP contribution in [0.2, 0.25) is 10.0 Å². The Morgan fingerprint density at radius 1 is 0.935 bits per heavy atom. The van der Waals surface area contributed by atoms with Crippen LogP contribution in [0.3, 0.4) is 0 Å². The van der Waals surface area contributed by atoms with Crippen molar-refractivity contribution in [2.24, 2.45) is 5.10 Å². The minimum absolute atomic E-state index is 0.129. The van der Waals surface area contributed by atoms with Crippen molar-refractivity contribution in [3.05, 3.63) is 87.9 Å². The molecule has 0 aliphatic carbocycles. The Morgan fingerprint density at radius 3 is 2.32 bits per heavy atom. The monoisotopic (exact) mass is 478 g/mol. The van der Waals surface area contributed by atoms with Crippen molar-refractivity contribution in [3.63, 3.8) is 0 Å². The smallest absolute Gasteiger partial charge is 0.276 e. The van der Waals surface area contributed by atoms with Crippen LogP contribution in [0, 0.1) is 0 Å². The molecule has 0 saturated carbocycles. The first kappa shape index (κ1) is 22.9. The van der Waals surface area contributed by atoms with E-state index < -0.39 is 10.0 Å². The number of hydrogen-bond donors (Lipinski definition) is 1. The Balaban J connectivity index is 1.73. The van der Waals surface area contributed by atoms with Gasteiger partial charge in [-0.3, -0.25) is 0 Å². The fourth-order valence-corrected chi connectivity index (χ4v) is 3.95. The Hall–Kier alpha value is -2.74. The lowest BCUT2D eigenvalue weighted by atomic mass is 10.2. The molecule has 0 unspecified atom stereocenters. The molecule has 0 radical (unpaired) electrons. The van der Waals surface area contributed by atoms with Crippen molar-refractivity contribution in [1.82, 2.24) is 4.83 Å². The summed E-state index contributed by atoms with van der Waals surface area (Å²) in [6, 6.07) is 18.4. The molecule has 0 atom stereocenters. The van der Waals surface area contributed by atoms with E-state index in [1.165, 1.54) is 18.3 Å². The van der Waals surface area contributed by atoms with E-state index in [1.54, 1.807) is 54.6 Å². The molecule has 0 aliphatic rings. The predicted molar refractivity (Wildman–Crippen MR) is 123 cm³/mol. The molecule has 3 rings (SSSR count). The number of halogens is 2. The fourth-order valence-electron chi connectivity index (χ4n) is 2.64. The quantitative estimate of drug-likeness (QED) is 0.335. The molecule has 0 bridgehead atoms. The second kappa shape index (κ2) is 10.5. The summed E-state index contributed by atoms with van der Waals surface area (Å²) in [5.74, 6) is 0.986. The maximum atomic E-state index is 12.2. The van der Waals surface area contributed by atoms with Crippen molar-refractivity contribution in [2.45, 2.75) is 18.4 Å². The van der Waals surface area contributed by atoms with E-state index in [4.69, 9.17) is 32.7 Å². The highest BCUT2D eigenvalue weighted by Crippen LogP contribution is 2.31. The van der Waals surface area contributed by atoms with Gasteiger partial charge in [-0.2, -0.15) is 13.5 Å². The van der Waals surface area contributed by atoms with Gasteiger partial charge in [-0.05, 0) is 55.0 Å². The van der Waals surface area contributed by atoms with E-state index in [0.717, 1.165) is 0 Å². The molecule has 0 amide bonds. The molecule has 1 N–H and O–H groups in total. The van der Waals surface area contributed by atoms with Crippen LogP contribution in [0.4, 0.5) is 0 Å². The zero-order chi connectivity index (χ0) is 22.3. The molecule has 0 aromatic heterocycles. The molecule has 3 aromatic rings. The van der Waals surface area contributed by atoms with E-state index in [0.29, 0.717) is 39.3 Å². The van der Waals surface area contributed by atoms with E-state index in [1.807, 2.05) is 6.92 Å². The van der Waals surface area contributed by atoms with E-state index in [2.05, 4.69) is 9.93 Å². The summed E-state index contributed by atoms with van der Waals surface area (Å²) in [6.45, 7) is 2.44. The van der Waals surface area contributed by atoms with E-state index in [9.17, 15) is 8.42 Å². The molecule has 0 spiro atoms. The summed E-state index contributed by atoms with van der Waals surface area (Å²) < 4.78 is 36.0. The van der Waals surface area contributed by atoms with E-state index in [-0.39, 0.29) is 11.5 Å². The van der Waals surface area contributed by atoms with Crippen LogP contribution in [0.25, 0.3) is 0 Å². The van der Waals surface area contributed by atoms with Gasteiger partial charge in [0.2, 0.25) is 0 Å². The van der Waals surface area contributed by atoms with Gasteiger partial charge in [-0.25, -0.2) is 4.83 Å². The number of hydrazone groups is 1. The molecule has 9 heteroatoms. The lowest BCUT2D eigenvalue weighted by molar-refractivity contribution is 0.269. The van der Waals surface area contributed by atoms with Crippen LogP contribution in [-0.4, -0.2) is 21.2 Å². The first-order chi connectivity index (χ1) is 14.9. The molecular weight excluding hydrogens is 459 g/mol. The van der Waals surface area contributed by atoms with Gasteiger partial charge in [0.15, 0.2) is 11.5 Å². The lowest BCUT2D eigenvalue weighted by Gasteiger charge is -2.14. The molecule has 31 heavy (non-hydrogen) atoms. The van der Waals surface area contributed by atoms with Gasteiger partial charge in [0, 0.05) is 15.6 Å². The van der Waals surface area contributed by atoms with Crippen LogP contribution in [0.5, 0.6) is 11.5 Å². The molecule has 0 heterocycles. The first-order valence-electron chi connectivity index (χ1n) is 9.33. The van der Waals surface area contributed by atoms with Crippen LogP contribution in [0.15, 0.2) is 76.7 Å². The molecule has 3 aromatic carbocycles. The summed E-state index contributed by atoms with van der Waals surface area (Å²) in [6.07, 6.45) is 1.39. The SMILES string of the molecule is CCOc1cc(/C=N/NS(=O)(=O)c2ccccc2)ccc1OCc1c(Cl)cccc1Cl. The molecular formula is C22H20Cl2N2O4S. The average molecular weight is 479 g/mol. The standard InChI is InChI=1S/C22H20Cl2N2O4S/c1-2-29-22-13-16(14-25-26-31(27,28)17-7-4-3-5-8-17)11-12-21(22)30-15-18-19(23)9-6-10-20(18)24/h3-14,26H,2,15H2,1H3/b25-14+. The van der Waals surface area contributed by atoms with Crippen molar-refractivity contribution < 1.29 is 17.9 Å². The third-order valence-corrected chi connectivity index (χ3v) is 6.09. The Kier molecular flexibility index (Phi) is 7.79. The molecule has 6 nitrogen and oxygen atoms in total. The number of rotatable bonds is 9. The largest absolute Gasteiger partial charge is 0.490 e. The van der Waals surface area contributed by atoms with Crippen molar-refractivity contribution in [1.29, 1.82) is 0 Å². The number of benzene rings is 3.